The predicted molar refractivity (Wildman–Crippen MR) is 76.7 cm³/mol. The largest absolute Gasteiger partial charge is 0.381 e. The molecule has 1 aromatic carbocycles. The van der Waals surface area contributed by atoms with Crippen molar-refractivity contribution in [1.82, 2.24) is 5.32 Å². The molecule has 3 rings (SSSR count). The molecule has 1 saturated heterocycles. The number of amides is 1. The van der Waals surface area contributed by atoms with Crippen LogP contribution in [-0.2, 0) is 19.4 Å². The summed E-state index contributed by atoms with van der Waals surface area (Å²) in [5.41, 5.74) is 6.06. The second-order valence-electron chi connectivity index (χ2n) is 5.08. The topological polar surface area (TPSA) is 98.5 Å². The van der Waals surface area contributed by atoms with Crippen molar-refractivity contribution in [3.8, 4) is 0 Å². The van der Waals surface area contributed by atoms with Gasteiger partial charge in [0.2, 0.25) is 9.84 Å². The van der Waals surface area contributed by atoms with E-state index in [0.29, 0.717) is 18.7 Å². The Morgan fingerprint density at radius 1 is 1.38 bits per heavy atom. The number of sulfone groups is 1. The maximum Gasteiger partial charge on any atom is 0.262 e. The molecule has 0 aliphatic carbocycles. The minimum absolute atomic E-state index is 0.0297. The Morgan fingerprint density at radius 2 is 2.14 bits per heavy atom. The maximum atomic E-state index is 12.4. The van der Waals surface area contributed by atoms with Crippen molar-refractivity contribution in [2.45, 2.75) is 23.8 Å². The molecule has 0 spiro atoms. The average molecular weight is 308 g/mol. The third-order valence-corrected chi connectivity index (χ3v) is 5.57. The van der Waals surface area contributed by atoms with E-state index in [9.17, 15) is 13.2 Å². The van der Waals surface area contributed by atoms with Gasteiger partial charge in [0.05, 0.1) is 16.7 Å². The van der Waals surface area contributed by atoms with E-state index >= 15 is 0 Å². The Balaban J connectivity index is 2.00. The Kier molecular flexibility index (Phi) is 3.46. The van der Waals surface area contributed by atoms with Crippen molar-refractivity contribution in [3.63, 3.8) is 0 Å². The van der Waals surface area contributed by atoms with Crippen molar-refractivity contribution in [3.05, 3.63) is 34.7 Å². The van der Waals surface area contributed by atoms with Gasteiger partial charge in [-0.25, -0.2) is 8.42 Å². The van der Waals surface area contributed by atoms with Gasteiger partial charge < -0.3 is 15.8 Å². The zero-order valence-electron chi connectivity index (χ0n) is 11.3. The van der Waals surface area contributed by atoms with E-state index in [1.165, 1.54) is 6.07 Å². The third-order valence-electron chi connectivity index (χ3n) is 3.70. The van der Waals surface area contributed by atoms with Crippen LogP contribution >= 0.6 is 0 Å². The molecule has 2 aliphatic rings. The second kappa shape index (κ2) is 5.16. The number of carbonyl (C=O) groups is 1. The highest BCUT2D eigenvalue weighted by atomic mass is 32.2. The van der Waals surface area contributed by atoms with Crippen molar-refractivity contribution in [1.29, 1.82) is 0 Å². The van der Waals surface area contributed by atoms with Crippen molar-refractivity contribution in [2.75, 3.05) is 13.2 Å². The van der Waals surface area contributed by atoms with Crippen LogP contribution in [-0.4, -0.2) is 33.6 Å². The zero-order valence-corrected chi connectivity index (χ0v) is 12.2. The molecule has 0 radical (unpaired) electrons. The first kappa shape index (κ1) is 14.1. The number of carbonyl (C=O) groups excluding carboxylic acids is 1. The Morgan fingerprint density at radius 3 is 2.81 bits per heavy atom. The highest BCUT2D eigenvalue weighted by molar-refractivity contribution is 7.97. The molecule has 1 fully saturated rings. The summed E-state index contributed by atoms with van der Waals surface area (Å²) in [6.45, 7) is 1.17. The van der Waals surface area contributed by atoms with Crippen molar-refractivity contribution < 1.29 is 17.9 Å². The third kappa shape index (κ3) is 2.32. The fourth-order valence-electron chi connectivity index (χ4n) is 2.73. The molecule has 0 aromatic heterocycles. The highest BCUT2D eigenvalue weighted by Crippen LogP contribution is 2.37. The Hall–Kier alpha value is -1.86. The summed E-state index contributed by atoms with van der Waals surface area (Å²) < 4.78 is 30.3. The van der Waals surface area contributed by atoms with Crippen LogP contribution in [0.25, 0.3) is 5.70 Å². The van der Waals surface area contributed by atoms with Crippen LogP contribution in [0.5, 0.6) is 0 Å². The molecule has 2 aliphatic heterocycles. The molecule has 112 valence electrons. The molecule has 1 atom stereocenters. The van der Waals surface area contributed by atoms with Gasteiger partial charge in [0.15, 0.2) is 4.91 Å². The van der Waals surface area contributed by atoms with Gasteiger partial charge in [-0.2, -0.15) is 0 Å². The van der Waals surface area contributed by atoms with Crippen LogP contribution in [0.2, 0.25) is 0 Å². The van der Waals surface area contributed by atoms with Gasteiger partial charge in [0.25, 0.3) is 5.91 Å². The molecule has 0 saturated carbocycles. The predicted octanol–water partition coefficient (Wildman–Crippen LogP) is 0.396. The van der Waals surface area contributed by atoms with Crippen LogP contribution in [0.4, 0.5) is 0 Å². The minimum atomic E-state index is -3.84. The first-order valence-electron chi connectivity index (χ1n) is 6.76. The lowest BCUT2D eigenvalue weighted by molar-refractivity contribution is -0.113. The Labute approximate surface area is 122 Å². The molecule has 0 bridgehead atoms. The number of nitrogens with two attached hydrogens (primary N) is 1. The fourth-order valence-corrected chi connectivity index (χ4v) is 4.38. The standard InChI is InChI=1S/C14H16N2O4S/c15-14(17)13-12(16-8-9-4-3-7-20-9)10-5-1-2-6-11(10)21(13,18)19/h1-2,5-6,9,16H,3-4,7-8H2,(H2,15,17)/t9-/m0/s1. The van der Waals surface area contributed by atoms with Crippen molar-refractivity contribution >= 4 is 21.4 Å². The molecule has 7 heteroatoms. The number of nitrogens with one attached hydrogen (secondary N) is 1. The number of benzene rings is 1. The number of fused-ring (bicyclic) bond motifs is 1. The second-order valence-corrected chi connectivity index (χ2v) is 6.94. The van der Waals surface area contributed by atoms with E-state index in [1.54, 1.807) is 18.2 Å². The number of rotatable bonds is 4. The average Bonchev–Trinajstić information content (AvgIpc) is 3.02. The van der Waals surface area contributed by atoms with E-state index in [1.807, 2.05) is 0 Å². The van der Waals surface area contributed by atoms with Gasteiger partial charge in [-0.15, -0.1) is 0 Å². The van der Waals surface area contributed by atoms with Gasteiger partial charge in [0, 0.05) is 18.7 Å². The van der Waals surface area contributed by atoms with Crippen LogP contribution < -0.4 is 11.1 Å². The van der Waals surface area contributed by atoms with Gasteiger partial charge in [-0.05, 0) is 18.9 Å². The summed E-state index contributed by atoms with van der Waals surface area (Å²) in [6.07, 6.45) is 1.94. The summed E-state index contributed by atoms with van der Waals surface area (Å²) in [7, 11) is -3.84. The molecule has 6 nitrogen and oxygen atoms in total. The van der Waals surface area contributed by atoms with Gasteiger partial charge >= 0.3 is 0 Å². The lowest BCUT2D eigenvalue weighted by Crippen LogP contribution is -2.28. The number of ether oxygens (including phenoxy) is 1. The first-order valence-corrected chi connectivity index (χ1v) is 8.24. The van der Waals surface area contributed by atoms with E-state index in [2.05, 4.69) is 5.32 Å². The Bertz CT molecular complexity index is 718. The van der Waals surface area contributed by atoms with Crippen LogP contribution in [0.15, 0.2) is 34.1 Å². The lowest BCUT2D eigenvalue weighted by Gasteiger charge is -2.13. The van der Waals surface area contributed by atoms with E-state index < -0.39 is 15.7 Å². The zero-order chi connectivity index (χ0) is 15.0. The monoisotopic (exact) mass is 308 g/mol. The molecular formula is C14H16N2O4S. The highest BCUT2D eigenvalue weighted by Gasteiger charge is 2.38. The SMILES string of the molecule is NC(=O)C1=C(NC[C@@H]2CCCO2)c2ccccc2S1(=O)=O. The maximum absolute atomic E-state index is 12.4. The summed E-state index contributed by atoms with van der Waals surface area (Å²) >= 11 is 0. The molecular weight excluding hydrogens is 292 g/mol. The number of hydrogen-bond donors (Lipinski definition) is 2. The number of primary amides is 1. The molecule has 2 heterocycles. The van der Waals surface area contributed by atoms with Crippen LogP contribution in [0.3, 0.4) is 0 Å². The quantitative estimate of drug-likeness (QED) is 0.839. The normalized spacial score (nSPS) is 23.1. The smallest absolute Gasteiger partial charge is 0.262 e. The van der Waals surface area contributed by atoms with Crippen LogP contribution in [0, 0.1) is 0 Å². The van der Waals surface area contributed by atoms with Crippen molar-refractivity contribution in [2.24, 2.45) is 5.73 Å². The molecule has 3 N–H and O–H groups in total. The number of hydrogen-bond acceptors (Lipinski definition) is 5. The molecule has 21 heavy (non-hydrogen) atoms. The molecule has 1 aromatic rings. The first-order chi connectivity index (χ1) is 10.0. The van der Waals surface area contributed by atoms with E-state index in [4.69, 9.17) is 10.5 Å². The van der Waals surface area contributed by atoms with Gasteiger partial charge in [-0.3, -0.25) is 4.79 Å². The van der Waals surface area contributed by atoms with Gasteiger partial charge in [0.1, 0.15) is 0 Å². The summed E-state index contributed by atoms with van der Waals surface area (Å²) in [5, 5.41) is 3.04. The van der Waals surface area contributed by atoms with E-state index in [-0.39, 0.29) is 21.6 Å². The van der Waals surface area contributed by atoms with Gasteiger partial charge in [-0.1, -0.05) is 18.2 Å². The molecule has 0 unspecified atom stereocenters. The fraction of sp³-hybridized carbons (Fsp3) is 0.357. The lowest BCUT2D eigenvalue weighted by atomic mass is 10.1. The summed E-state index contributed by atoms with van der Waals surface area (Å²) in [5.74, 6) is -0.943. The summed E-state index contributed by atoms with van der Waals surface area (Å²) in [6, 6.07) is 6.50. The minimum Gasteiger partial charge on any atom is -0.381 e. The van der Waals surface area contributed by atoms with E-state index in [0.717, 1.165) is 12.8 Å². The molecule has 1 amide bonds. The van der Waals surface area contributed by atoms with Crippen LogP contribution in [0.1, 0.15) is 18.4 Å². The summed E-state index contributed by atoms with van der Waals surface area (Å²) in [4.78, 5) is 11.4.